The van der Waals surface area contributed by atoms with Gasteiger partial charge in [0.05, 0.1) is 0 Å². The third-order valence-corrected chi connectivity index (χ3v) is 3.31. The summed E-state index contributed by atoms with van der Waals surface area (Å²) < 4.78 is 0. The molecule has 0 amide bonds. The number of ketones is 1. The van der Waals surface area contributed by atoms with Crippen LogP contribution < -0.4 is 10.6 Å². The van der Waals surface area contributed by atoms with Gasteiger partial charge in [0.25, 0.3) is 0 Å². The van der Waals surface area contributed by atoms with E-state index in [9.17, 15) is 4.79 Å². The molecule has 1 rings (SSSR count). The Morgan fingerprint density at radius 1 is 1.31 bits per heavy atom. The summed E-state index contributed by atoms with van der Waals surface area (Å²) in [5, 5.41) is 2.31. The first-order chi connectivity index (χ1) is 6.13. The summed E-state index contributed by atoms with van der Waals surface area (Å²) in [6, 6.07) is 6.06. The van der Waals surface area contributed by atoms with Gasteiger partial charge in [0, 0.05) is 12.8 Å². The first kappa shape index (κ1) is 10.8. The first-order valence-corrected chi connectivity index (χ1v) is 5.44. The van der Waals surface area contributed by atoms with Crippen LogP contribution in [0.5, 0.6) is 0 Å². The van der Waals surface area contributed by atoms with Crippen molar-refractivity contribution in [3.05, 3.63) is 23.8 Å². The number of carbonyl (C=O) groups excluding carboxylic acids is 1. The molecule has 70 valence electrons. The summed E-state index contributed by atoms with van der Waals surface area (Å²) >= 11 is 0. The monoisotopic (exact) mass is 212 g/mol. The zero-order chi connectivity index (χ0) is 9.84. The second-order valence-corrected chi connectivity index (χ2v) is 4.28. The van der Waals surface area contributed by atoms with Crippen LogP contribution in [0.3, 0.4) is 0 Å². The molecule has 1 nitrogen and oxygen atoms in total. The smallest absolute Gasteiger partial charge is 0.136 e. The number of carbonyl (C=O) groups is 1. The molecular weight excluding hydrogens is 198 g/mol. The maximum absolute atomic E-state index is 11.2. The third kappa shape index (κ3) is 3.18. The molecule has 0 aromatic heterocycles. The van der Waals surface area contributed by atoms with Gasteiger partial charge in [-0.25, -0.2) is 0 Å². The number of rotatable bonds is 3. The van der Waals surface area contributed by atoms with Crippen LogP contribution in [0.15, 0.2) is 18.2 Å². The third-order valence-electron chi connectivity index (χ3n) is 1.95. The Bertz CT molecular complexity index is 321. The molecule has 2 atom stereocenters. The summed E-state index contributed by atoms with van der Waals surface area (Å²) in [6.07, 6.45) is 1.18. The summed E-state index contributed by atoms with van der Waals surface area (Å²) in [6.45, 7) is 1.90. The van der Waals surface area contributed by atoms with Crippen LogP contribution in [0, 0.1) is 0 Å². The Hall–Kier alpha value is -0.250. The molecule has 0 saturated carbocycles. The van der Waals surface area contributed by atoms with Crippen molar-refractivity contribution in [1.82, 2.24) is 0 Å². The lowest BCUT2D eigenvalue weighted by Crippen LogP contribution is -2.12. The molecule has 0 saturated heterocycles. The van der Waals surface area contributed by atoms with E-state index in [2.05, 4.69) is 18.5 Å². The molecule has 0 aliphatic carbocycles. The molecule has 0 aliphatic heterocycles. The van der Waals surface area contributed by atoms with Gasteiger partial charge in [0.2, 0.25) is 0 Å². The molecule has 0 N–H and O–H groups in total. The van der Waals surface area contributed by atoms with E-state index >= 15 is 0 Å². The van der Waals surface area contributed by atoms with Crippen molar-refractivity contribution in [2.45, 2.75) is 19.8 Å². The molecule has 0 bridgehead atoms. The fourth-order valence-corrected chi connectivity index (χ4v) is 1.58. The normalized spacial score (nSPS) is 10.1. The summed E-state index contributed by atoms with van der Waals surface area (Å²) in [5.74, 6) is 0.293. The Balaban J connectivity index is 2.79. The second-order valence-electron chi connectivity index (χ2n) is 3.03. The fourth-order valence-electron chi connectivity index (χ4n) is 1.09. The van der Waals surface area contributed by atoms with Crippen molar-refractivity contribution >= 4 is 34.9 Å². The van der Waals surface area contributed by atoms with Gasteiger partial charge in [0.1, 0.15) is 5.78 Å². The number of hydrogen-bond acceptors (Lipinski definition) is 1. The maximum atomic E-state index is 11.2. The van der Waals surface area contributed by atoms with Crippen LogP contribution in [0.4, 0.5) is 0 Å². The van der Waals surface area contributed by atoms with Crippen molar-refractivity contribution in [2.24, 2.45) is 0 Å². The van der Waals surface area contributed by atoms with Crippen LogP contribution in [0.25, 0.3) is 0 Å². The quantitative estimate of drug-likeness (QED) is 0.688. The van der Waals surface area contributed by atoms with E-state index in [1.807, 2.05) is 25.1 Å². The summed E-state index contributed by atoms with van der Waals surface area (Å²) in [4.78, 5) is 11.2. The zero-order valence-electron chi connectivity index (χ0n) is 7.71. The minimum absolute atomic E-state index is 0.293. The van der Waals surface area contributed by atoms with E-state index in [0.29, 0.717) is 18.6 Å². The van der Waals surface area contributed by atoms with Gasteiger partial charge >= 0.3 is 0 Å². The molecule has 3 heteroatoms. The highest BCUT2D eigenvalue weighted by Crippen LogP contribution is 2.03. The van der Waals surface area contributed by atoms with Crippen LogP contribution in [0.2, 0.25) is 0 Å². The van der Waals surface area contributed by atoms with Gasteiger partial charge in [-0.05, 0) is 16.2 Å². The topological polar surface area (TPSA) is 17.1 Å². The van der Waals surface area contributed by atoms with Crippen molar-refractivity contribution in [1.29, 1.82) is 0 Å². The predicted octanol–water partition coefficient (Wildman–Crippen LogP) is 1.21. The second kappa shape index (κ2) is 4.84. The highest BCUT2D eigenvalue weighted by Gasteiger charge is 2.01. The van der Waals surface area contributed by atoms with Crippen molar-refractivity contribution < 1.29 is 4.79 Å². The number of hydrogen-bond donors (Lipinski definition) is 0. The first-order valence-electron chi connectivity index (χ1n) is 4.29. The highest BCUT2D eigenvalue weighted by molar-refractivity contribution is 7.35. The van der Waals surface area contributed by atoms with Gasteiger partial charge in [-0.2, -0.15) is 0 Å². The van der Waals surface area contributed by atoms with Gasteiger partial charge < -0.3 is 0 Å². The van der Waals surface area contributed by atoms with E-state index in [0.717, 1.165) is 16.2 Å². The SMILES string of the molecule is CCC(=O)Cc1ccc(P)c(P)c1. The molecular formula is C10H14OP2. The Kier molecular flexibility index (Phi) is 4.03. The number of Topliss-reactive ketones (excluding diaryl/α,β-unsaturated/α-hetero) is 1. The van der Waals surface area contributed by atoms with Crippen molar-refractivity contribution in [3.63, 3.8) is 0 Å². The average molecular weight is 212 g/mol. The molecule has 2 unspecified atom stereocenters. The van der Waals surface area contributed by atoms with Gasteiger partial charge in [-0.15, -0.1) is 18.5 Å². The molecule has 13 heavy (non-hydrogen) atoms. The van der Waals surface area contributed by atoms with Crippen LogP contribution >= 0.6 is 18.5 Å². The number of benzene rings is 1. The van der Waals surface area contributed by atoms with Gasteiger partial charge in [-0.1, -0.05) is 25.1 Å². The summed E-state index contributed by atoms with van der Waals surface area (Å²) in [5.41, 5.74) is 1.10. The van der Waals surface area contributed by atoms with Gasteiger partial charge in [0.15, 0.2) is 0 Å². The van der Waals surface area contributed by atoms with Crippen molar-refractivity contribution in [3.8, 4) is 0 Å². The van der Waals surface area contributed by atoms with Crippen LogP contribution in [-0.2, 0) is 11.2 Å². The minimum Gasteiger partial charge on any atom is -0.299 e. The van der Waals surface area contributed by atoms with E-state index in [1.165, 1.54) is 0 Å². The average Bonchev–Trinajstić information content (AvgIpc) is 2.11. The molecule has 1 aromatic carbocycles. The molecule has 1 aromatic rings. The van der Waals surface area contributed by atoms with Gasteiger partial charge in [-0.3, -0.25) is 4.79 Å². The maximum Gasteiger partial charge on any atom is 0.136 e. The summed E-state index contributed by atoms with van der Waals surface area (Å²) in [7, 11) is 5.33. The molecule has 0 radical (unpaired) electrons. The van der Waals surface area contributed by atoms with E-state index in [-0.39, 0.29) is 0 Å². The predicted molar refractivity (Wildman–Crippen MR) is 64.1 cm³/mol. The standard InChI is InChI=1S/C10H14OP2/c1-2-8(11)5-7-3-4-9(12)10(13)6-7/h3-4,6H,2,5,12-13H2,1H3. The van der Waals surface area contributed by atoms with Crippen LogP contribution in [-0.4, -0.2) is 5.78 Å². The Morgan fingerprint density at radius 2 is 2.00 bits per heavy atom. The lowest BCUT2D eigenvalue weighted by Gasteiger charge is -2.03. The Morgan fingerprint density at radius 3 is 2.54 bits per heavy atom. The fraction of sp³-hybridized carbons (Fsp3) is 0.300. The highest BCUT2D eigenvalue weighted by atomic mass is 31.0. The van der Waals surface area contributed by atoms with E-state index < -0.39 is 0 Å². The molecule has 0 heterocycles. The van der Waals surface area contributed by atoms with E-state index in [4.69, 9.17) is 0 Å². The molecule has 0 fully saturated rings. The molecule has 0 aliphatic rings. The zero-order valence-corrected chi connectivity index (χ0v) is 10.0. The van der Waals surface area contributed by atoms with Crippen LogP contribution in [0.1, 0.15) is 18.9 Å². The minimum atomic E-state index is 0.293. The lowest BCUT2D eigenvalue weighted by atomic mass is 10.1. The lowest BCUT2D eigenvalue weighted by molar-refractivity contribution is -0.118. The van der Waals surface area contributed by atoms with Crippen molar-refractivity contribution in [2.75, 3.05) is 0 Å². The van der Waals surface area contributed by atoms with E-state index in [1.54, 1.807) is 0 Å². The largest absolute Gasteiger partial charge is 0.299 e. The molecule has 0 spiro atoms. The Labute approximate surface area is 83.7 Å².